The molecule has 0 saturated carbocycles. The van der Waals surface area contributed by atoms with Crippen LogP contribution in [0, 0.1) is 0 Å². The van der Waals surface area contributed by atoms with E-state index in [1.165, 1.54) is 29.8 Å². The molecule has 2 aromatic rings. The number of aromatic hydroxyl groups is 1. The summed E-state index contributed by atoms with van der Waals surface area (Å²) >= 11 is 6.10. The molecule has 0 fully saturated rings. The minimum Gasteiger partial charge on any atom is -0.506 e. The summed E-state index contributed by atoms with van der Waals surface area (Å²) in [7, 11) is 1.51. The predicted octanol–water partition coefficient (Wildman–Crippen LogP) is 2.88. The molecule has 5 nitrogen and oxygen atoms in total. The molecule has 1 amide bonds. The largest absolute Gasteiger partial charge is 0.506 e. The molecule has 118 valence electrons. The molecule has 2 rings (SSSR count). The van der Waals surface area contributed by atoms with Gasteiger partial charge in [0.2, 0.25) is 0 Å². The maximum Gasteiger partial charge on any atom is 0.267 e. The fraction of sp³-hybridized carbons (Fsp3) is 0.0588. The summed E-state index contributed by atoms with van der Waals surface area (Å²) in [6.07, 6.45) is 4.38. The Bertz CT molecular complexity index is 910. The lowest BCUT2D eigenvalue weighted by Crippen LogP contribution is -2.32. The highest BCUT2D eigenvalue weighted by atomic mass is 35.5. The van der Waals surface area contributed by atoms with Gasteiger partial charge in [-0.05, 0) is 24.3 Å². The van der Waals surface area contributed by atoms with Crippen LogP contribution in [0.3, 0.4) is 0 Å². The van der Waals surface area contributed by atoms with Crippen molar-refractivity contribution in [3.05, 3.63) is 76.2 Å². The first-order valence-electron chi connectivity index (χ1n) is 6.69. The maximum atomic E-state index is 12.4. The number of rotatable bonds is 4. The van der Waals surface area contributed by atoms with Crippen molar-refractivity contribution >= 4 is 28.4 Å². The molecule has 0 bridgehead atoms. The molecule has 1 aromatic heterocycles. The smallest absolute Gasteiger partial charge is 0.267 e. The van der Waals surface area contributed by atoms with Crippen LogP contribution in [-0.4, -0.2) is 15.6 Å². The van der Waals surface area contributed by atoms with E-state index in [1.54, 1.807) is 18.2 Å². The second kappa shape index (κ2) is 6.54. The average molecular weight is 331 g/mol. The molecule has 0 saturated heterocycles. The first-order valence-corrected chi connectivity index (χ1v) is 7.06. The van der Waals surface area contributed by atoms with Crippen LogP contribution in [0.5, 0.6) is 5.75 Å². The topological polar surface area (TPSA) is 71.3 Å². The van der Waals surface area contributed by atoms with E-state index in [-0.39, 0.29) is 16.0 Å². The van der Waals surface area contributed by atoms with E-state index < -0.39 is 17.2 Å². The van der Waals surface area contributed by atoms with Crippen molar-refractivity contribution < 1.29 is 9.90 Å². The van der Waals surface area contributed by atoms with E-state index in [4.69, 9.17) is 11.6 Å². The highest BCUT2D eigenvalue weighted by molar-refractivity contribution is 6.36. The van der Waals surface area contributed by atoms with Crippen molar-refractivity contribution in [1.29, 1.82) is 0 Å². The van der Waals surface area contributed by atoms with Gasteiger partial charge in [-0.15, -0.1) is 0 Å². The van der Waals surface area contributed by atoms with Crippen LogP contribution in [0.25, 0.3) is 10.9 Å². The van der Waals surface area contributed by atoms with Crippen molar-refractivity contribution in [2.24, 2.45) is 7.05 Å². The zero-order valence-corrected chi connectivity index (χ0v) is 13.2. The number of allylic oxidation sites excluding steroid dienone is 3. The Morgan fingerprint density at radius 1 is 1.39 bits per heavy atom. The van der Waals surface area contributed by atoms with Crippen molar-refractivity contribution in [2.45, 2.75) is 0 Å². The van der Waals surface area contributed by atoms with Crippen molar-refractivity contribution in [2.75, 3.05) is 0 Å². The Balaban J connectivity index is 2.71. The van der Waals surface area contributed by atoms with Crippen molar-refractivity contribution in [3.8, 4) is 5.75 Å². The SMILES string of the molecule is C=C/C=C(\C=C)NC(=O)c1c(O)c2c(Cl)cccc2n(C)c1=O. The number of halogens is 1. The lowest BCUT2D eigenvalue weighted by molar-refractivity contribution is 0.0963. The predicted molar refractivity (Wildman–Crippen MR) is 91.8 cm³/mol. The van der Waals surface area contributed by atoms with E-state index in [1.807, 2.05) is 0 Å². The van der Waals surface area contributed by atoms with Gasteiger partial charge in [-0.25, -0.2) is 0 Å². The number of fused-ring (bicyclic) bond motifs is 1. The minimum atomic E-state index is -0.752. The maximum absolute atomic E-state index is 12.4. The zero-order valence-electron chi connectivity index (χ0n) is 12.5. The van der Waals surface area contributed by atoms with Crippen LogP contribution in [0.2, 0.25) is 5.02 Å². The van der Waals surface area contributed by atoms with E-state index >= 15 is 0 Å². The van der Waals surface area contributed by atoms with E-state index in [9.17, 15) is 14.7 Å². The standard InChI is InChI=1S/C17H15ClN2O3/c1-4-7-10(5-2)19-16(22)14-15(21)13-11(18)8-6-9-12(13)20(3)17(14)23/h4-9,21H,1-2H2,3H3,(H,19,22)/b10-7+. The Hall–Kier alpha value is -2.79. The molecule has 0 aliphatic carbocycles. The molecule has 0 aliphatic heterocycles. The summed E-state index contributed by atoms with van der Waals surface area (Å²) in [5, 5.41) is 13.4. The number of carbonyl (C=O) groups excluding carboxylic acids is 1. The fourth-order valence-electron chi connectivity index (χ4n) is 2.22. The Morgan fingerprint density at radius 2 is 2.09 bits per heavy atom. The molecular weight excluding hydrogens is 316 g/mol. The van der Waals surface area contributed by atoms with Gasteiger partial charge in [-0.3, -0.25) is 9.59 Å². The molecule has 2 N–H and O–H groups in total. The average Bonchev–Trinajstić information content (AvgIpc) is 2.52. The number of amides is 1. The quantitative estimate of drug-likeness (QED) is 0.847. The van der Waals surface area contributed by atoms with Gasteiger partial charge in [0.15, 0.2) is 0 Å². The number of nitrogens with one attached hydrogen (secondary N) is 1. The van der Waals surface area contributed by atoms with Crippen LogP contribution in [-0.2, 0) is 7.05 Å². The number of nitrogens with zero attached hydrogens (tertiary/aromatic N) is 1. The van der Waals surface area contributed by atoms with Gasteiger partial charge in [0.05, 0.1) is 15.9 Å². The molecule has 1 heterocycles. The number of carbonyl (C=O) groups is 1. The van der Waals surface area contributed by atoms with Crippen LogP contribution >= 0.6 is 11.6 Å². The summed E-state index contributed by atoms with van der Waals surface area (Å²) in [5.74, 6) is -1.20. The zero-order chi connectivity index (χ0) is 17.1. The third-order valence-corrected chi connectivity index (χ3v) is 3.66. The molecule has 0 aliphatic rings. The van der Waals surface area contributed by atoms with Gasteiger partial charge in [0, 0.05) is 12.7 Å². The number of aromatic nitrogens is 1. The van der Waals surface area contributed by atoms with Gasteiger partial charge >= 0.3 is 0 Å². The van der Waals surface area contributed by atoms with E-state index in [0.717, 1.165) is 0 Å². The molecule has 0 radical (unpaired) electrons. The summed E-state index contributed by atoms with van der Waals surface area (Å²) in [6, 6.07) is 4.87. The van der Waals surface area contributed by atoms with Gasteiger partial charge in [-0.1, -0.05) is 36.9 Å². The van der Waals surface area contributed by atoms with Gasteiger partial charge < -0.3 is 15.0 Å². The molecule has 0 atom stereocenters. The summed E-state index contributed by atoms with van der Waals surface area (Å²) in [4.78, 5) is 24.8. The van der Waals surface area contributed by atoms with Crippen LogP contribution in [0.1, 0.15) is 10.4 Å². The summed E-state index contributed by atoms with van der Waals surface area (Å²) < 4.78 is 1.26. The lowest BCUT2D eigenvalue weighted by Gasteiger charge is -2.13. The first-order chi connectivity index (χ1) is 10.9. The molecular formula is C17H15ClN2O3. The van der Waals surface area contributed by atoms with Crippen LogP contribution in [0.4, 0.5) is 0 Å². The third-order valence-electron chi connectivity index (χ3n) is 3.35. The Kier molecular flexibility index (Phi) is 4.71. The Morgan fingerprint density at radius 3 is 2.70 bits per heavy atom. The molecule has 6 heteroatoms. The van der Waals surface area contributed by atoms with Crippen molar-refractivity contribution in [1.82, 2.24) is 9.88 Å². The van der Waals surface area contributed by atoms with E-state index in [0.29, 0.717) is 11.2 Å². The van der Waals surface area contributed by atoms with Crippen molar-refractivity contribution in [3.63, 3.8) is 0 Å². The Labute approximate surface area is 137 Å². The van der Waals surface area contributed by atoms with Crippen LogP contribution < -0.4 is 10.9 Å². The number of hydrogen-bond acceptors (Lipinski definition) is 3. The molecule has 1 aromatic carbocycles. The monoisotopic (exact) mass is 330 g/mol. The lowest BCUT2D eigenvalue weighted by atomic mass is 10.1. The van der Waals surface area contributed by atoms with Gasteiger partial charge in [-0.2, -0.15) is 0 Å². The van der Waals surface area contributed by atoms with Gasteiger partial charge in [0.1, 0.15) is 11.3 Å². The second-order valence-electron chi connectivity index (χ2n) is 4.74. The highest BCUT2D eigenvalue weighted by Crippen LogP contribution is 2.32. The van der Waals surface area contributed by atoms with E-state index in [2.05, 4.69) is 18.5 Å². The summed E-state index contributed by atoms with van der Waals surface area (Å²) in [5.41, 5.74) is -0.227. The third kappa shape index (κ3) is 2.91. The normalized spacial score (nSPS) is 11.3. The van der Waals surface area contributed by atoms with Crippen LogP contribution in [0.15, 0.2) is 60.1 Å². The fourth-order valence-corrected chi connectivity index (χ4v) is 2.48. The number of benzene rings is 1. The number of aryl methyl sites for hydroxylation is 1. The molecule has 0 unspecified atom stereocenters. The number of hydrogen-bond donors (Lipinski definition) is 2. The molecule has 23 heavy (non-hydrogen) atoms. The van der Waals surface area contributed by atoms with Gasteiger partial charge in [0.25, 0.3) is 11.5 Å². The minimum absolute atomic E-state index is 0.245. The number of pyridine rings is 1. The molecule has 0 spiro atoms. The first kappa shape index (κ1) is 16.6. The highest BCUT2D eigenvalue weighted by Gasteiger charge is 2.22. The summed E-state index contributed by atoms with van der Waals surface area (Å²) in [6.45, 7) is 7.08. The second-order valence-corrected chi connectivity index (χ2v) is 5.14.